The Bertz CT molecular complexity index is 1250. The summed E-state index contributed by atoms with van der Waals surface area (Å²) in [5, 5.41) is -0.378. The molecule has 4 rings (SSSR count). The van der Waals surface area contributed by atoms with E-state index in [-0.39, 0.29) is 33.2 Å². The number of piperazine rings is 1. The highest BCUT2D eigenvalue weighted by Gasteiger charge is 2.33. The Hall–Kier alpha value is -2.92. The number of halogens is 2. The van der Waals surface area contributed by atoms with Gasteiger partial charge in [-0.15, -0.1) is 0 Å². The van der Waals surface area contributed by atoms with Gasteiger partial charge in [0.25, 0.3) is 0 Å². The van der Waals surface area contributed by atoms with Gasteiger partial charge in [0.15, 0.2) is 0 Å². The number of rotatable bonds is 6. The fraction of sp³-hybridized carbons (Fsp3) is 0.273. The highest BCUT2D eigenvalue weighted by Crippen LogP contribution is 2.36. The van der Waals surface area contributed by atoms with E-state index in [4.69, 9.17) is 4.42 Å². The molecule has 0 saturated carbocycles. The Morgan fingerprint density at radius 3 is 2.36 bits per heavy atom. The standard InChI is InChI=1S/C22H21F2N3O4S2/c1-32-14-19(28)26-10-12-27(13-11-26)22-21(33(29,30)16-8-6-15(23)7-9-16)25-20(31-22)17-4-2-3-5-18(17)24/h2-9H,10-14H2,1H3. The fourth-order valence-corrected chi connectivity index (χ4v) is 5.27. The molecular formula is C22H21F2N3O4S2. The number of hydrogen-bond donors (Lipinski definition) is 0. The maximum Gasteiger partial charge on any atom is 0.236 e. The van der Waals surface area contributed by atoms with Crippen LogP contribution in [0.1, 0.15) is 0 Å². The molecule has 0 unspecified atom stereocenters. The third-order valence-electron chi connectivity index (χ3n) is 5.25. The van der Waals surface area contributed by atoms with E-state index in [9.17, 15) is 22.0 Å². The van der Waals surface area contributed by atoms with Crippen LogP contribution >= 0.6 is 11.8 Å². The van der Waals surface area contributed by atoms with Crippen molar-refractivity contribution in [2.24, 2.45) is 0 Å². The first-order valence-corrected chi connectivity index (χ1v) is 13.0. The number of oxazole rings is 1. The molecule has 33 heavy (non-hydrogen) atoms. The lowest BCUT2D eigenvalue weighted by Crippen LogP contribution is -2.49. The van der Waals surface area contributed by atoms with Crippen LogP contribution in [0.15, 0.2) is 62.9 Å². The average Bonchev–Trinajstić information content (AvgIpc) is 3.26. The van der Waals surface area contributed by atoms with Crippen molar-refractivity contribution >= 4 is 33.4 Å². The number of benzene rings is 2. The quantitative estimate of drug-likeness (QED) is 0.486. The zero-order chi connectivity index (χ0) is 23.6. The Morgan fingerprint density at radius 1 is 1.06 bits per heavy atom. The smallest absolute Gasteiger partial charge is 0.236 e. The van der Waals surface area contributed by atoms with Crippen LogP contribution in [0.3, 0.4) is 0 Å². The summed E-state index contributed by atoms with van der Waals surface area (Å²) < 4.78 is 60.3. The molecule has 3 aromatic rings. The maximum atomic E-state index is 14.4. The first-order chi connectivity index (χ1) is 15.8. The van der Waals surface area contributed by atoms with E-state index in [1.807, 2.05) is 6.26 Å². The number of amides is 1. The summed E-state index contributed by atoms with van der Waals surface area (Å²) >= 11 is 1.43. The molecule has 1 aliphatic heterocycles. The summed E-state index contributed by atoms with van der Waals surface area (Å²) in [6, 6.07) is 10.1. The number of hydrogen-bond acceptors (Lipinski definition) is 7. The lowest BCUT2D eigenvalue weighted by atomic mass is 10.2. The number of aromatic nitrogens is 1. The molecule has 0 radical (unpaired) electrons. The molecule has 1 amide bonds. The second-order valence-corrected chi connectivity index (χ2v) is 10.1. The topological polar surface area (TPSA) is 83.7 Å². The van der Waals surface area contributed by atoms with Crippen molar-refractivity contribution in [3.8, 4) is 11.5 Å². The van der Waals surface area contributed by atoms with Gasteiger partial charge in [0.05, 0.1) is 16.2 Å². The van der Waals surface area contributed by atoms with Gasteiger partial charge in [-0.2, -0.15) is 16.7 Å². The molecule has 1 aromatic heterocycles. The van der Waals surface area contributed by atoms with Crippen molar-refractivity contribution in [1.82, 2.24) is 9.88 Å². The van der Waals surface area contributed by atoms with Gasteiger partial charge >= 0.3 is 0 Å². The zero-order valence-electron chi connectivity index (χ0n) is 17.7. The molecule has 1 saturated heterocycles. The van der Waals surface area contributed by atoms with Crippen molar-refractivity contribution in [2.75, 3.05) is 43.1 Å². The largest absolute Gasteiger partial charge is 0.419 e. The predicted octanol–water partition coefficient (Wildman–Crippen LogP) is 3.46. The zero-order valence-corrected chi connectivity index (χ0v) is 19.3. The number of carbonyl (C=O) groups is 1. The van der Waals surface area contributed by atoms with Crippen LogP contribution in [-0.2, 0) is 14.6 Å². The van der Waals surface area contributed by atoms with E-state index in [0.717, 1.165) is 24.3 Å². The SMILES string of the molecule is CSCC(=O)N1CCN(c2oc(-c3ccccc3F)nc2S(=O)(=O)c2ccc(F)cc2)CC1. The molecule has 0 bridgehead atoms. The number of anilines is 1. The number of sulfone groups is 1. The molecule has 0 atom stereocenters. The van der Waals surface area contributed by atoms with Gasteiger partial charge in [-0.1, -0.05) is 12.1 Å². The third kappa shape index (κ3) is 4.74. The second kappa shape index (κ2) is 9.52. The van der Waals surface area contributed by atoms with Gasteiger partial charge in [0, 0.05) is 26.2 Å². The average molecular weight is 494 g/mol. The molecular weight excluding hydrogens is 472 g/mol. The third-order valence-corrected chi connectivity index (χ3v) is 7.45. The van der Waals surface area contributed by atoms with Crippen LogP contribution in [0.2, 0.25) is 0 Å². The van der Waals surface area contributed by atoms with Crippen molar-refractivity contribution in [3.05, 3.63) is 60.2 Å². The number of carbonyl (C=O) groups excluding carboxylic acids is 1. The van der Waals surface area contributed by atoms with Gasteiger partial charge in [0.1, 0.15) is 11.6 Å². The Balaban J connectivity index is 1.74. The van der Waals surface area contributed by atoms with Crippen LogP contribution in [0, 0.1) is 11.6 Å². The maximum absolute atomic E-state index is 14.4. The van der Waals surface area contributed by atoms with Crippen LogP contribution in [0.4, 0.5) is 14.7 Å². The van der Waals surface area contributed by atoms with Crippen LogP contribution in [0.5, 0.6) is 0 Å². The van der Waals surface area contributed by atoms with E-state index >= 15 is 0 Å². The Kier molecular flexibility index (Phi) is 6.71. The second-order valence-electron chi connectivity index (χ2n) is 7.37. The first-order valence-electron chi connectivity index (χ1n) is 10.1. The van der Waals surface area contributed by atoms with Crippen LogP contribution in [-0.4, -0.2) is 62.4 Å². The molecule has 1 aliphatic rings. The minimum Gasteiger partial charge on any atom is -0.419 e. The molecule has 0 N–H and O–H groups in total. The lowest BCUT2D eigenvalue weighted by molar-refractivity contribution is -0.128. The molecule has 2 aromatic carbocycles. The summed E-state index contributed by atoms with van der Waals surface area (Å²) in [7, 11) is -4.19. The van der Waals surface area contributed by atoms with Crippen molar-refractivity contribution in [3.63, 3.8) is 0 Å². The van der Waals surface area contributed by atoms with Gasteiger partial charge < -0.3 is 14.2 Å². The molecule has 11 heteroatoms. The van der Waals surface area contributed by atoms with Gasteiger partial charge in [-0.05, 0) is 42.7 Å². The van der Waals surface area contributed by atoms with Crippen molar-refractivity contribution in [1.29, 1.82) is 0 Å². The summed E-state index contributed by atoms with van der Waals surface area (Å²) in [6.45, 7) is 1.40. The predicted molar refractivity (Wildman–Crippen MR) is 121 cm³/mol. The monoisotopic (exact) mass is 493 g/mol. The Labute approximate surface area is 194 Å². The fourth-order valence-electron chi connectivity index (χ4n) is 3.52. The summed E-state index contributed by atoms with van der Waals surface area (Å²) in [4.78, 5) is 19.6. The lowest BCUT2D eigenvalue weighted by Gasteiger charge is -2.34. The van der Waals surface area contributed by atoms with Crippen molar-refractivity contribution in [2.45, 2.75) is 9.92 Å². The molecule has 2 heterocycles. The first kappa shape index (κ1) is 23.2. The van der Waals surface area contributed by atoms with Gasteiger partial charge in [-0.25, -0.2) is 17.2 Å². The van der Waals surface area contributed by atoms with E-state index in [2.05, 4.69) is 4.98 Å². The number of thioether (sulfide) groups is 1. The summed E-state index contributed by atoms with van der Waals surface area (Å²) in [5.41, 5.74) is 0.0214. The highest BCUT2D eigenvalue weighted by atomic mass is 32.2. The van der Waals surface area contributed by atoms with Crippen molar-refractivity contribution < 1.29 is 26.4 Å². The summed E-state index contributed by atoms with van der Waals surface area (Å²) in [6.07, 6.45) is 1.85. The minimum atomic E-state index is -4.19. The molecule has 0 aliphatic carbocycles. The van der Waals surface area contributed by atoms with Gasteiger partial charge in [-0.3, -0.25) is 4.79 Å². The highest BCUT2D eigenvalue weighted by molar-refractivity contribution is 7.99. The molecule has 174 valence electrons. The van der Waals surface area contributed by atoms with Gasteiger partial charge in [0.2, 0.25) is 32.5 Å². The molecule has 1 fully saturated rings. The Morgan fingerprint density at radius 2 is 1.73 bits per heavy atom. The van der Waals surface area contributed by atoms with Crippen LogP contribution in [0.25, 0.3) is 11.5 Å². The summed E-state index contributed by atoms with van der Waals surface area (Å²) in [5.74, 6) is -1.02. The minimum absolute atomic E-state index is 0.00548. The van der Waals surface area contributed by atoms with E-state index < -0.39 is 21.5 Å². The van der Waals surface area contributed by atoms with E-state index in [1.54, 1.807) is 15.9 Å². The van der Waals surface area contributed by atoms with E-state index in [0.29, 0.717) is 31.9 Å². The molecule has 0 spiro atoms. The van der Waals surface area contributed by atoms with Crippen LogP contribution < -0.4 is 4.90 Å². The van der Waals surface area contributed by atoms with E-state index in [1.165, 1.54) is 30.0 Å². The number of nitrogens with zero attached hydrogens (tertiary/aromatic N) is 3. The normalized spacial score (nSPS) is 14.5. The molecule has 7 nitrogen and oxygen atoms in total.